The molecule has 0 aromatic heterocycles. The van der Waals surface area contributed by atoms with Crippen molar-refractivity contribution in [2.75, 3.05) is 24.2 Å². The van der Waals surface area contributed by atoms with Gasteiger partial charge in [0.15, 0.2) is 0 Å². The molecule has 0 aliphatic carbocycles. The summed E-state index contributed by atoms with van der Waals surface area (Å²) in [7, 11) is -2.39. The fourth-order valence-electron chi connectivity index (χ4n) is 3.61. The van der Waals surface area contributed by atoms with E-state index in [1.807, 2.05) is 19.9 Å². The zero-order valence-corrected chi connectivity index (χ0v) is 23.5. The van der Waals surface area contributed by atoms with Gasteiger partial charge < -0.3 is 15.0 Å². The molecular weight excluding hydrogens is 525 g/mol. The normalized spacial score (nSPS) is 13.0. The average molecular weight is 559 g/mol. The fraction of sp³-hybridized carbons (Fsp3) is 0.440. The molecule has 2 rings (SSSR count). The summed E-state index contributed by atoms with van der Waals surface area (Å²) >= 11 is 12.4. The maximum Gasteiger partial charge on any atom is 0.244 e. The molecule has 0 aliphatic heterocycles. The zero-order chi connectivity index (χ0) is 27.0. The molecule has 2 amide bonds. The number of hydrogen-bond donors (Lipinski definition) is 1. The summed E-state index contributed by atoms with van der Waals surface area (Å²) in [6.07, 6.45) is 2.03. The van der Waals surface area contributed by atoms with Gasteiger partial charge >= 0.3 is 0 Å². The maximum atomic E-state index is 13.7. The molecule has 0 saturated carbocycles. The number of nitrogens with zero attached hydrogens (tertiary/aromatic N) is 2. The number of carbonyl (C=O) groups is 2. The molecule has 0 aliphatic rings. The van der Waals surface area contributed by atoms with Crippen molar-refractivity contribution in [2.45, 2.75) is 52.2 Å². The van der Waals surface area contributed by atoms with E-state index >= 15 is 0 Å². The summed E-state index contributed by atoms with van der Waals surface area (Å²) in [4.78, 5) is 28.3. The number of anilines is 1. The topological polar surface area (TPSA) is 96.0 Å². The first kappa shape index (κ1) is 29.7. The summed E-state index contributed by atoms with van der Waals surface area (Å²) in [5, 5.41) is 3.10. The Labute approximate surface area is 223 Å². The molecule has 2 aromatic rings. The highest BCUT2D eigenvalue weighted by Gasteiger charge is 2.32. The molecule has 198 valence electrons. The van der Waals surface area contributed by atoms with Crippen LogP contribution in [-0.4, -0.2) is 57.1 Å². The number of amides is 2. The minimum Gasteiger partial charge on any atom is -0.497 e. The molecule has 11 heteroatoms. The van der Waals surface area contributed by atoms with Gasteiger partial charge in [0.05, 0.1) is 29.1 Å². The van der Waals surface area contributed by atoms with Gasteiger partial charge in [0, 0.05) is 12.6 Å². The third kappa shape index (κ3) is 7.75. The van der Waals surface area contributed by atoms with Gasteiger partial charge in [-0.15, -0.1) is 0 Å². The van der Waals surface area contributed by atoms with E-state index in [0.29, 0.717) is 12.2 Å². The van der Waals surface area contributed by atoms with Gasteiger partial charge in [0.25, 0.3) is 0 Å². The average Bonchev–Trinajstić information content (AvgIpc) is 2.83. The summed E-state index contributed by atoms with van der Waals surface area (Å²) < 4.78 is 31.6. The van der Waals surface area contributed by atoms with Crippen molar-refractivity contribution in [3.05, 3.63) is 58.1 Å². The summed E-state index contributed by atoms with van der Waals surface area (Å²) in [6, 6.07) is 10.8. The predicted molar refractivity (Wildman–Crippen MR) is 144 cm³/mol. The Bertz CT molecular complexity index is 1180. The van der Waals surface area contributed by atoms with E-state index in [0.717, 1.165) is 22.5 Å². The second-order valence-electron chi connectivity index (χ2n) is 8.46. The lowest BCUT2D eigenvalue weighted by atomic mass is 10.1. The molecule has 0 bridgehead atoms. The summed E-state index contributed by atoms with van der Waals surface area (Å²) in [6.45, 7) is 5.14. The van der Waals surface area contributed by atoms with Crippen molar-refractivity contribution in [3.8, 4) is 5.75 Å². The molecule has 1 N–H and O–H groups in total. The van der Waals surface area contributed by atoms with Crippen molar-refractivity contribution in [2.24, 2.45) is 0 Å². The smallest absolute Gasteiger partial charge is 0.244 e. The Morgan fingerprint density at radius 3 is 2.33 bits per heavy atom. The Morgan fingerprint density at radius 2 is 1.75 bits per heavy atom. The highest BCUT2D eigenvalue weighted by molar-refractivity contribution is 7.92. The van der Waals surface area contributed by atoms with Crippen molar-refractivity contribution in [1.29, 1.82) is 0 Å². The van der Waals surface area contributed by atoms with Crippen molar-refractivity contribution < 1.29 is 22.7 Å². The lowest BCUT2D eigenvalue weighted by Gasteiger charge is -2.33. The Morgan fingerprint density at radius 1 is 1.08 bits per heavy atom. The molecule has 0 radical (unpaired) electrons. The number of halogens is 2. The fourth-order valence-corrected chi connectivity index (χ4v) is 4.91. The van der Waals surface area contributed by atoms with Gasteiger partial charge in [-0.1, -0.05) is 55.2 Å². The number of sulfonamides is 1. The number of rotatable bonds is 12. The lowest BCUT2D eigenvalue weighted by molar-refractivity contribution is -0.140. The van der Waals surface area contributed by atoms with Crippen LogP contribution in [0.4, 0.5) is 5.69 Å². The van der Waals surface area contributed by atoms with Gasteiger partial charge in [0.1, 0.15) is 18.3 Å². The van der Waals surface area contributed by atoms with Gasteiger partial charge in [-0.3, -0.25) is 13.9 Å². The van der Waals surface area contributed by atoms with Crippen LogP contribution in [0, 0.1) is 0 Å². The molecule has 0 fully saturated rings. The predicted octanol–water partition coefficient (Wildman–Crippen LogP) is 4.49. The maximum absolute atomic E-state index is 13.7. The first-order valence-corrected chi connectivity index (χ1v) is 14.2. The second-order valence-corrected chi connectivity index (χ2v) is 11.1. The van der Waals surface area contributed by atoms with Crippen LogP contribution >= 0.6 is 23.2 Å². The standard InChI is InChI=1S/C25H33Cl2N3O5S/c1-6-17(3)28-25(32)21(7-2)29(15-18-10-8-11-19(14-18)35-4)23(31)16-30(36(5,33)34)22-13-9-12-20(26)24(22)27/h8-14,17,21H,6-7,15-16H2,1-5H3,(H,28,32)/t17-,21+/m0/s1. The molecule has 0 spiro atoms. The van der Waals surface area contributed by atoms with Gasteiger partial charge in [0.2, 0.25) is 21.8 Å². The van der Waals surface area contributed by atoms with Crippen LogP contribution in [0.1, 0.15) is 39.2 Å². The molecule has 2 aromatic carbocycles. The van der Waals surface area contributed by atoms with Crippen molar-refractivity contribution in [1.82, 2.24) is 10.2 Å². The number of carbonyl (C=O) groups excluding carboxylic acids is 2. The van der Waals surface area contributed by atoms with E-state index in [-0.39, 0.29) is 34.2 Å². The number of hydrogen-bond acceptors (Lipinski definition) is 5. The lowest BCUT2D eigenvalue weighted by Crippen LogP contribution is -2.53. The third-order valence-electron chi connectivity index (χ3n) is 5.75. The summed E-state index contributed by atoms with van der Waals surface area (Å²) in [5.41, 5.74) is 0.808. The van der Waals surface area contributed by atoms with E-state index in [9.17, 15) is 18.0 Å². The second kappa shape index (κ2) is 13.2. The van der Waals surface area contributed by atoms with Crippen molar-refractivity contribution >= 4 is 50.7 Å². The molecule has 36 heavy (non-hydrogen) atoms. The first-order valence-electron chi connectivity index (χ1n) is 11.6. The van der Waals surface area contributed by atoms with E-state index < -0.39 is 28.5 Å². The van der Waals surface area contributed by atoms with Crippen LogP contribution in [-0.2, 0) is 26.2 Å². The number of nitrogens with one attached hydrogen (secondary N) is 1. The van der Waals surface area contributed by atoms with Crippen LogP contribution in [0.3, 0.4) is 0 Å². The minimum absolute atomic E-state index is 0.0123. The molecule has 0 unspecified atom stereocenters. The van der Waals surface area contributed by atoms with Gasteiger partial charge in [-0.05, 0) is 49.6 Å². The summed E-state index contributed by atoms with van der Waals surface area (Å²) in [5.74, 6) is -0.277. The van der Waals surface area contributed by atoms with E-state index in [1.165, 1.54) is 24.1 Å². The quantitative estimate of drug-likeness (QED) is 0.414. The van der Waals surface area contributed by atoms with E-state index in [4.69, 9.17) is 27.9 Å². The highest BCUT2D eigenvalue weighted by Crippen LogP contribution is 2.33. The number of methoxy groups -OCH3 is 1. The molecular formula is C25H33Cl2N3O5S. The van der Waals surface area contributed by atoms with Crippen LogP contribution in [0.5, 0.6) is 5.75 Å². The molecule has 8 nitrogen and oxygen atoms in total. The third-order valence-corrected chi connectivity index (χ3v) is 7.69. The molecule has 0 saturated heterocycles. The van der Waals surface area contributed by atoms with E-state index in [2.05, 4.69) is 5.32 Å². The Kier molecular flexibility index (Phi) is 10.9. The minimum atomic E-state index is -3.92. The van der Waals surface area contributed by atoms with Crippen LogP contribution in [0.25, 0.3) is 0 Å². The van der Waals surface area contributed by atoms with Crippen molar-refractivity contribution in [3.63, 3.8) is 0 Å². The zero-order valence-electron chi connectivity index (χ0n) is 21.1. The Balaban J connectivity index is 2.50. The van der Waals surface area contributed by atoms with Crippen LogP contribution in [0.2, 0.25) is 10.0 Å². The SMILES string of the molecule is CC[C@H](C(=O)N[C@@H](C)CC)N(Cc1cccc(OC)c1)C(=O)CN(c1cccc(Cl)c1Cl)S(C)(=O)=O. The van der Waals surface area contributed by atoms with E-state index in [1.54, 1.807) is 31.2 Å². The first-order chi connectivity index (χ1) is 16.9. The number of ether oxygens (including phenoxy) is 1. The monoisotopic (exact) mass is 557 g/mol. The Hall–Kier alpha value is -2.49. The van der Waals surface area contributed by atoms with Crippen LogP contribution in [0.15, 0.2) is 42.5 Å². The molecule has 0 heterocycles. The largest absolute Gasteiger partial charge is 0.497 e. The molecule has 2 atom stereocenters. The number of benzene rings is 2. The van der Waals surface area contributed by atoms with Gasteiger partial charge in [-0.2, -0.15) is 0 Å². The van der Waals surface area contributed by atoms with Gasteiger partial charge in [-0.25, -0.2) is 8.42 Å². The van der Waals surface area contributed by atoms with Crippen LogP contribution < -0.4 is 14.4 Å². The highest BCUT2D eigenvalue weighted by atomic mass is 35.5.